The van der Waals surface area contributed by atoms with Gasteiger partial charge in [0.1, 0.15) is 5.69 Å². The number of carbonyl (C=O) groups is 1. The van der Waals surface area contributed by atoms with Crippen molar-refractivity contribution in [3.8, 4) is 0 Å². The molecule has 1 aliphatic heterocycles. The monoisotopic (exact) mass is 350 g/mol. The van der Waals surface area contributed by atoms with Crippen LogP contribution in [0.25, 0.3) is 10.9 Å². The highest BCUT2D eigenvalue weighted by atomic mass is 79.9. The third-order valence-corrected chi connectivity index (χ3v) is 4.62. The molecule has 1 aromatic heterocycles. The van der Waals surface area contributed by atoms with E-state index in [0.29, 0.717) is 0 Å². The van der Waals surface area contributed by atoms with Crippen molar-refractivity contribution in [3.05, 3.63) is 34.4 Å². The number of fused-ring (bicyclic) bond motifs is 1. The van der Waals surface area contributed by atoms with Gasteiger partial charge in [0, 0.05) is 35.7 Å². The first-order valence-corrected chi connectivity index (χ1v) is 8.16. The number of carbonyl (C=O) groups excluding carboxylic acids is 1. The molecule has 1 aromatic carbocycles. The zero-order valence-electron chi connectivity index (χ0n) is 12.1. The summed E-state index contributed by atoms with van der Waals surface area (Å²) in [4.78, 5) is 12.6. The van der Waals surface area contributed by atoms with Gasteiger partial charge in [-0.15, -0.1) is 0 Å². The number of benzene rings is 1. The number of rotatable bonds is 3. The molecule has 0 bridgehead atoms. The molecular formula is C16H19BrN2O2. The highest BCUT2D eigenvalue weighted by molar-refractivity contribution is 9.10. The fraction of sp³-hybridized carbons (Fsp3) is 0.438. The SMILES string of the molecule is CCn1c(C(=O)NC2CCOCC2)cc2cccc(Br)c21. The predicted molar refractivity (Wildman–Crippen MR) is 86.6 cm³/mol. The summed E-state index contributed by atoms with van der Waals surface area (Å²) < 4.78 is 8.42. The summed E-state index contributed by atoms with van der Waals surface area (Å²) in [6.07, 6.45) is 1.78. The first-order chi connectivity index (χ1) is 10.2. The van der Waals surface area contributed by atoms with Gasteiger partial charge in [-0.1, -0.05) is 12.1 Å². The van der Waals surface area contributed by atoms with Crippen LogP contribution in [0.3, 0.4) is 0 Å². The number of aromatic nitrogens is 1. The number of amides is 1. The molecule has 5 heteroatoms. The first kappa shape index (κ1) is 14.6. The molecule has 3 rings (SSSR count). The van der Waals surface area contributed by atoms with E-state index >= 15 is 0 Å². The Bertz CT molecular complexity index is 660. The smallest absolute Gasteiger partial charge is 0.268 e. The van der Waals surface area contributed by atoms with Crippen molar-refractivity contribution in [2.24, 2.45) is 0 Å². The third-order valence-electron chi connectivity index (χ3n) is 3.98. The Labute approximate surface area is 132 Å². The lowest BCUT2D eigenvalue weighted by Crippen LogP contribution is -2.39. The highest BCUT2D eigenvalue weighted by Gasteiger charge is 2.20. The lowest BCUT2D eigenvalue weighted by molar-refractivity contribution is 0.0692. The van der Waals surface area contributed by atoms with Gasteiger partial charge in [0.2, 0.25) is 0 Å². The van der Waals surface area contributed by atoms with Gasteiger partial charge in [-0.25, -0.2) is 0 Å². The molecule has 112 valence electrons. The Kier molecular flexibility index (Phi) is 4.31. The number of para-hydroxylation sites is 1. The number of nitrogens with zero attached hydrogens (tertiary/aromatic N) is 1. The fourth-order valence-corrected chi connectivity index (χ4v) is 3.49. The molecule has 1 amide bonds. The molecule has 4 nitrogen and oxygen atoms in total. The molecule has 21 heavy (non-hydrogen) atoms. The number of nitrogens with one attached hydrogen (secondary N) is 1. The van der Waals surface area contributed by atoms with Crippen LogP contribution in [0.4, 0.5) is 0 Å². The highest BCUT2D eigenvalue weighted by Crippen LogP contribution is 2.27. The molecule has 0 radical (unpaired) electrons. The van der Waals surface area contributed by atoms with E-state index in [2.05, 4.69) is 32.7 Å². The van der Waals surface area contributed by atoms with E-state index in [4.69, 9.17) is 4.74 Å². The summed E-state index contributed by atoms with van der Waals surface area (Å²) in [5.41, 5.74) is 1.81. The van der Waals surface area contributed by atoms with Gasteiger partial charge < -0.3 is 14.6 Å². The molecule has 1 N–H and O–H groups in total. The molecule has 1 fully saturated rings. The van der Waals surface area contributed by atoms with Crippen LogP contribution in [0.1, 0.15) is 30.3 Å². The number of hydrogen-bond donors (Lipinski definition) is 1. The molecule has 0 saturated carbocycles. The first-order valence-electron chi connectivity index (χ1n) is 7.37. The van der Waals surface area contributed by atoms with Crippen molar-refractivity contribution in [1.82, 2.24) is 9.88 Å². The van der Waals surface area contributed by atoms with Crippen LogP contribution >= 0.6 is 15.9 Å². The molecule has 1 saturated heterocycles. The van der Waals surface area contributed by atoms with E-state index in [1.165, 1.54) is 0 Å². The van der Waals surface area contributed by atoms with Gasteiger partial charge in [0.15, 0.2) is 0 Å². The van der Waals surface area contributed by atoms with Gasteiger partial charge in [0.05, 0.1) is 5.52 Å². The second kappa shape index (κ2) is 6.20. The maximum Gasteiger partial charge on any atom is 0.268 e. The van der Waals surface area contributed by atoms with E-state index in [1.807, 2.05) is 24.3 Å². The van der Waals surface area contributed by atoms with Crippen LogP contribution in [-0.4, -0.2) is 29.7 Å². The van der Waals surface area contributed by atoms with Crippen LogP contribution in [-0.2, 0) is 11.3 Å². The minimum absolute atomic E-state index is 0.00634. The lowest BCUT2D eigenvalue weighted by Gasteiger charge is -2.23. The van der Waals surface area contributed by atoms with E-state index in [0.717, 1.165) is 53.7 Å². The molecule has 0 atom stereocenters. The Morgan fingerprint density at radius 1 is 1.43 bits per heavy atom. The summed E-state index contributed by atoms with van der Waals surface area (Å²) in [5, 5.41) is 4.22. The summed E-state index contributed by atoms with van der Waals surface area (Å²) >= 11 is 3.58. The molecule has 2 aromatic rings. The quantitative estimate of drug-likeness (QED) is 0.922. The standard InChI is InChI=1S/C16H19BrN2O2/c1-2-19-14(10-11-4-3-5-13(17)15(11)19)16(20)18-12-6-8-21-9-7-12/h3-5,10,12H,2,6-9H2,1H3,(H,18,20). The van der Waals surface area contributed by atoms with Gasteiger partial charge in [0.25, 0.3) is 5.91 Å². The largest absolute Gasteiger partial charge is 0.381 e. The number of halogens is 1. The van der Waals surface area contributed by atoms with Crippen molar-refractivity contribution in [2.45, 2.75) is 32.4 Å². The Balaban J connectivity index is 1.92. The minimum Gasteiger partial charge on any atom is -0.381 e. The van der Waals surface area contributed by atoms with Crippen molar-refractivity contribution in [2.75, 3.05) is 13.2 Å². The van der Waals surface area contributed by atoms with E-state index in [1.54, 1.807) is 0 Å². The van der Waals surface area contributed by atoms with Crippen LogP contribution in [0, 0.1) is 0 Å². The normalized spacial score (nSPS) is 16.3. The zero-order valence-corrected chi connectivity index (χ0v) is 13.6. The summed E-state index contributed by atoms with van der Waals surface area (Å²) in [5.74, 6) is 0.00634. The lowest BCUT2D eigenvalue weighted by atomic mass is 10.1. The second-order valence-corrected chi connectivity index (χ2v) is 6.17. The van der Waals surface area contributed by atoms with Crippen molar-refractivity contribution in [1.29, 1.82) is 0 Å². The maximum absolute atomic E-state index is 12.6. The van der Waals surface area contributed by atoms with Crippen LogP contribution < -0.4 is 5.32 Å². The van der Waals surface area contributed by atoms with Gasteiger partial charge in [-0.3, -0.25) is 4.79 Å². The number of ether oxygens (including phenoxy) is 1. The molecule has 1 aliphatic rings. The Hall–Kier alpha value is -1.33. The fourth-order valence-electron chi connectivity index (χ4n) is 2.90. The van der Waals surface area contributed by atoms with E-state index in [9.17, 15) is 4.79 Å². The minimum atomic E-state index is 0.00634. The van der Waals surface area contributed by atoms with Crippen LogP contribution in [0.15, 0.2) is 28.7 Å². The molecular weight excluding hydrogens is 332 g/mol. The van der Waals surface area contributed by atoms with Crippen molar-refractivity contribution < 1.29 is 9.53 Å². The summed E-state index contributed by atoms with van der Waals surface area (Å²) in [6.45, 7) is 4.28. The maximum atomic E-state index is 12.6. The molecule has 0 aliphatic carbocycles. The van der Waals surface area contributed by atoms with Gasteiger partial charge in [-0.05, 0) is 47.8 Å². The molecule has 0 unspecified atom stereocenters. The van der Waals surface area contributed by atoms with Crippen molar-refractivity contribution in [3.63, 3.8) is 0 Å². The summed E-state index contributed by atoms with van der Waals surface area (Å²) in [6, 6.07) is 8.23. The van der Waals surface area contributed by atoms with Crippen LogP contribution in [0.5, 0.6) is 0 Å². The average molecular weight is 351 g/mol. The van der Waals surface area contributed by atoms with E-state index in [-0.39, 0.29) is 11.9 Å². The molecule has 2 heterocycles. The number of hydrogen-bond acceptors (Lipinski definition) is 2. The van der Waals surface area contributed by atoms with Crippen LogP contribution in [0.2, 0.25) is 0 Å². The zero-order chi connectivity index (χ0) is 14.8. The topological polar surface area (TPSA) is 43.3 Å². The van der Waals surface area contributed by atoms with Gasteiger partial charge in [-0.2, -0.15) is 0 Å². The summed E-state index contributed by atoms with van der Waals surface area (Å²) in [7, 11) is 0. The average Bonchev–Trinajstić information content (AvgIpc) is 2.88. The molecule has 0 spiro atoms. The second-order valence-electron chi connectivity index (χ2n) is 5.31. The Morgan fingerprint density at radius 2 is 2.19 bits per heavy atom. The number of aryl methyl sites for hydroxylation is 1. The van der Waals surface area contributed by atoms with Gasteiger partial charge >= 0.3 is 0 Å². The van der Waals surface area contributed by atoms with E-state index < -0.39 is 0 Å². The Morgan fingerprint density at radius 3 is 2.90 bits per heavy atom. The third kappa shape index (κ3) is 2.85. The predicted octanol–water partition coefficient (Wildman–Crippen LogP) is 3.33. The van der Waals surface area contributed by atoms with Crippen molar-refractivity contribution >= 4 is 32.7 Å².